The molecule has 0 N–H and O–H groups in total. The molecule has 0 fully saturated rings. The Labute approximate surface area is 108 Å². The number of hydrogen-bond acceptors (Lipinski definition) is 5. The minimum atomic E-state index is -0.714. The molecule has 0 aromatic carbocycles. The Kier molecular flexibility index (Phi) is 3.29. The number of aryl methyl sites for hydroxylation is 1. The second-order valence-electron chi connectivity index (χ2n) is 3.88. The van der Waals surface area contributed by atoms with Crippen molar-refractivity contribution in [3.05, 3.63) is 45.5 Å². The highest BCUT2D eigenvalue weighted by Gasteiger charge is 2.16. The highest BCUT2D eigenvalue weighted by Crippen LogP contribution is 2.11. The van der Waals surface area contributed by atoms with Crippen molar-refractivity contribution >= 4 is 11.6 Å². The van der Waals surface area contributed by atoms with Gasteiger partial charge in [-0.3, -0.25) is 9.20 Å². The minimum absolute atomic E-state index is 0.146. The molecule has 96 valence electrons. The first-order valence-electron chi connectivity index (χ1n) is 5.68. The van der Waals surface area contributed by atoms with Gasteiger partial charge in [0.05, 0.1) is 12.2 Å². The zero-order valence-electron chi connectivity index (χ0n) is 10.5. The molecule has 0 unspecified atom stereocenters. The molecule has 0 amide bonds. The van der Waals surface area contributed by atoms with E-state index >= 15 is 0 Å². The van der Waals surface area contributed by atoms with Gasteiger partial charge in [-0.15, -0.1) is 0 Å². The van der Waals surface area contributed by atoms with Crippen LogP contribution in [0.3, 0.4) is 0 Å². The Morgan fingerprint density at radius 2 is 2.32 bits per heavy atom. The molecule has 0 radical (unpaired) electrons. The molecule has 0 bridgehead atoms. The van der Waals surface area contributed by atoms with Crippen LogP contribution in [0.25, 0.3) is 5.65 Å². The van der Waals surface area contributed by atoms with E-state index in [1.165, 1.54) is 10.6 Å². The van der Waals surface area contributed by atoms with Crippen LogP contribution in [0.2, 0.25) is 0 Å². The fraction of sp³-hybridized carbons (Fsp3) is 0.231. The SMILES string of the molecule is CCOC(=O)c1cnc2c(C#N)c(C)ccn2c1=O. The smallest absolute Gasteiger partial charge is 0.345 e. The van der Waals surface area contributed by atoms with Crippen LogP contribution in [0.15, 0.2) is 23.3 Å². The van der Waals surface area contributed by atoms with Crippen LogP contribution in [-0.2, 0) is 4.74 Å². The normalized spacial score (nSPS) is 10.2. The third kappa shape index (κ3) is 2.06. The van der Waals surface area contributed by atoms with Crippen LogP contribution in [0, 0.1) is 18.3 Å². The summed E-state index contributed by atoms with van der Waals surface area (Å²) >= 11 is 0. The quantitative estimate of drug-likeness (QED) is 0.751. The van der Waals surface area contributed by atoms with Gasteiger partial charge in [0.15, 0.2) is 5.65 Å². The lowest BCUT2D eigenvalue weighted by Gasteiger charge is -2.06. The van der Waals surface area contributed by atoms with Gasteiger partial charge in [0, 0.05) is 12.4 Å². The van der Waals surface area contributed by atoms with E-state index in [9.17, 15) is 9.59 Å². The van der Waals surface area contributed by atoms with Gasteiger partial charge >= 0.3 is 5.97 Å². The standard InChI is InChI=1S/C13H11N3O3/c1-3-19-13(18)10-7-15-11-9(6-14)8(2)4-5-16(11)12(10)17/h4-5,7H,3H2,1-2H3. The van der Waals surface area contributed by atoms with E-state index in [0.717, 1.165) is 11.8 Å². The molecule has 2 aromatic heterocycles. The van der Waals surface area contributed by atoms with Crippen molar-refractivity contribution in [2.24, 2.45) is 0 Å². The maximum absolute atomic E-state index is 12.1. The number of fused-ring (bicyclic) bond motifs is 1. The van der Waals surface area contributed by atoms with Gasteiger partial charge in [-0.05, 0) is 25.5 Å². The lowest BCUT2D eigenvalue weighted by molar-refractivity contribution is 0.0523. The second-order valence-corrected chi connectivity index (χ2v) is 3.88. The number of ether oxygens (including phenoxy) is 1. The summed E-state index contributed by atoms with van der Waals surface area (Å²) in [5.74, 6) is -0.714. The fourth-order valence-corrected chi connectivity index (χ4v) is 1.73. The monoisotopic (exact) mass is 257 g/mol. The Hall–Kier alpha value is -2.68. The Bertz CT molecular complexity index is 756. The average molecular weight is 257 g/mol. The van der Waals surface area contributed by atoms with Crippen LogP contribution in [-0.4, -0.2) is 22.0 Å². The predicted octanol–water partition coefficient (Wildman–Crippen LogP) is 1.05. The summed E-state index contributed by atoms with van der Waals surface area (Å²) in [7, 11) is 0. The molecule has 0 aliphatic carbocycles. The van der Waals surface area contributed by atoms with Gasteiger partial charge in [-0.1, -0.05) is 0 Å². The van der Waals surface area contributed by atoms with E-state index in [0.29, 0.717) is 5.56 Å². The molecule has 0 saturated heterocycles. The van der Waals surface area contributed by atoms with Crippen molar-refractivity contribution in [1.82, 2.24) is 9.38 Å². The van der Waals surface area contributed by atoms with Gasteiger partial charge in [-0.25, -0.2) is 9.78 Å². The first-order valence-corrected chi connectivity index (χ1v) is 5.68. The second kappa shape index (κ2) is 4.90. The van der Waals surface area contributed by atoms with E-state index < -0.39 is 11.5 Å². The molecule has 0 aliphatic rings. The van der Waals surface area contributed by atoms with Crippen LogP contribution in [0.5, 0.6) is 0 Å². The number of nitriles is 1. The summed E-state index contributed by atoms with van der Waals surface area (Å²) in [6.45, 7) is 3.59. The molecule has 0 spiro atoms. The number of carbonyl (C=O) groups is 1. The van der Waals surface area contributed by atoms with Gasteiger partial charge in [0.25, 0.3) is 5.56 Å². The van der Waals surface area contributed by atoms with Gasteiger partial charge in [-0.2, -0.15) is 5.26 Å². The molecule has 2 rings (SSSR count). The summed E-state index contributed by atoms with van der Waals surface area (Å²) in [6, 6.07) is 3.63. The predicted molar refractivity (Wildman–Crippen MR) is 66.9 cm³/mol. The number of esters is 1. The number of hydrogen-bond donors (Lipinski definition) is 0. The van der Waals surface area contributed by atoms with Crippen molar-refractivity contribution < 1.29 is 9.53 Å². The van der Waals surface area contributed by atoms with Crippen molar-refractivity contribution in [2.45, 2.75) is 13.8 Å². The highest BCUT2D eigenvalue weighted by atomic mass is 16.5. The third-order valence-electron chi connectivity index (χ3n) is 2.69. The molecular weight excluding hydrogens is 246 g/mol. The maximum Gasteiger partial charge on any atom is 0.345 e. The summed E-state index contributed by atoms with van der Waals surface area (Å²) < 4.78 is 5.96. The molecule has 2 aromatic rings. The lowest BCUT2D eigenvalue weighted by atomic mass is 10.1. The number of rotatable bonds is 2. The summed E-state index contributed by atoms with van der Waals surface area (Å²) in [5.41, 5.74) is 0.584. The Morgan fingerprint density at radius 3 is 2.95 bits per heavy atom. The van der Waals surface area contributed by atoms with Crippen molar-refractivity contribution in [3.63, 3.8) is 0 Å². The van der Waals surface area contributed by atoms with Crippen LogP contribution in [0.1, 0.15) is 28.4 Å². The van der Waals surface area contributed by atoms with Gasteiger partial charge in [0.1, 0.15) is 11.6 Å². The van der Waals surface area contributed by atoms with Crippen molar-refractivity contribution in [3.8, 4) is 6.07 Å². The topological polar surface area (TPSA) is 84.5 Å². The molecule has 2 heterocycles. The van der Waals surface area contributed by atoms with E-state index in [1.54, 1.807) is 19.9 Å². The Balaban J connectivity index is 2.75. The molecule has 0 aliphatic heterocycles. The minimum Gasteiger partial charge on any atom is -0.462 e. The third-order valence-corrected chi connectivity index (χ3v) is 2.69. The first-order chi connectivity index (χ1) is 9.10. The average Bonchev–Trinajstić information content (AvgIpc) is 2.39. The number of aromatic nitrogens is 2. The molecular formula is C13H11N3O3. The van der Waals surface area contributed by atoms with E-state index in [2.05, 4.69) is 4.98 Å². The van der Waals surface area contributed by atoms with Crippen molar-refractivity contribution in [1.29, 1.82) is 5.26 Å². The molecule has 19 heavy (non-hydrogen) atoms. The molecule has 0 saturated carbocycles. The number of pyridine rings is 1. The lowest BCUT2D eigenvalue weighted by Crippen LogP contribution is -2.24. The molecule has 6 heteroatoms. The highest BCUT2D eigenvalue weighted by molar-refractivity contribution is 5.89. The van der Waals surface area contributed by atoms with E-state index in [1.807, 2.05) is 6.07 Å². The van der Waals surface area contributed by atoms with Gasteiger partial charge in [0.2, 0.25) is 0 Å². The van der Waals surface area contributed by atoms with E-state index in [4.69, 9.17) is 10.00 Å². The van der Waals surface area contributed by atoms with E-state index in [-0.39, 0.29) is 17.8 Å². The number of nitrogens with zero attached hydrogens (tertiary/aromatic N) is 3. The fourth-order valence-electron chi connectivity index (χ4n) is 1.73. The van der Waals surface area contributed by atoms with Crippen molar-refractivity contribution in [2.75, 3.05) is 6.61 Å². The molecule has 6 nitrogen and oxygen atoms in total. The summed E-state index contributed by atoms with van der Waals surface area (Å²) in [6.07, 6.45) is 2.64. The van der Waals surface area contributed by atoms with Crippen LogP contribution >= 0.6 is 0 Å². The number of carbonyl (C=O) groups excluding carboxylic acids is 1. The van der Waals surface area contributed by atoms with Crippen LogP contribution in [0.4, 0.5) is 0 Å². The molecule has 0 atom stereocenters. The zero-order valence-corrected chi connectivity index (χ0v) is 10.5. The first kappa shape index (κ1) is 12.8. The summed E-state index contributed by atoms with van der Waals surface area (Å²) in [5, 5.41) is 9.07. The van der Waals surface area contributed by atoms with Gasteiger partial charge < -0.3 is 4.74 Å². The maximum atomic E-state index is 12.1. The Morgan fingerprint density at radius 1 is 1.58 bits per heavy atom. The van der Waals surface area contributed by atoms with Crippen LogP contribution < -0.4 is 5.56 Å². The largest absolute Gasteiger partial charge is 0.462 e. The zero-order chi connectivity index (χ0) is 14.0. The summed E-state index contributed by atoms with van der Waals surface area (Å²) in [4.78, 5) is 27.7.